The Balaban J connectivity index is 1.69. The number of rotatable bonds is 4. The van der Waals surface area contributed by atoms with Crippen LogP contribution in [0, 0.1) is 0 Å². The number of nitrogens with zero attached hydrogens (tertiary/aromatic N) is 1. The lowest BCUT2D eigenvalue weighted by atomic mass is 10.2. The normalized spacial score (nSPS) is 16.1. The highest BCUT2D eigenvalue weighted by atomic mass is 32.1. The van der Waals surface area contributed by atoms with Crippen molar-refractivity contribution >= 4 is 22.9 Å². The largest absolute Gasteiger partial charge is 0.488 e. The van der Waals surface area contributed by atoms with Crippen molar-refractivity contribution in [3.8, 4) is 5.75 Å². The first kappa shape index (κ1) is 12.2. The number of thiophene rings is 1. The first-order valence-corrected chi connectivity index (χ1v) is 7.05. The molecular formula is C14H15N3OS. The van der Waals surface area contributed by atoms with Crippen molar-refractivity contribution in [1.82, 2.24) is 5.32 Å². The van der Waals surface area contributed by atoms with Crippen molar-refractivity contribution in [2.45, 2.75) is 6.10 Å². The zero-order valence-corrected chi connectivity index (χ0v) is 11.2. The van der Waals surface area contributed by atoms with Crippen LogP contribution in [0.2, 0.25) is 0 Å². The second-order valence-corrected chi connectivity index (χ2v) is 5.31. The van der Waals surface area contributed by atoms with Crippen LogP contribution < -0.4 is 15.8 Å². The summed E-state index contributed by atoms with van der Waals surface area (Å²) in [6.45, 7) is 1.84. The molecule has 1 saturated heterocycles. The molecule has 2 aromatic rings. The van der Waals surface area contributed by atoms with Gasteiger partial charge < -0.3 is 15.8 Å². The third-order valence-electron chi connectivity index (χ3n) is 2.91. The van der Waals surface area contributed by atoms with E-state index in [9.17, 15) is 0 Å². The molecular weight excluding hydrogens is 258 g/mol. The van der Waals surface area contributed by atoms with Crippen LogP contribution in [0.3, 0.4) is 0 Å². The smallest absolute Gasteiger partial charge is 0.141 e. The standard InChI is InChI=1S/C14H15N3OS/c15-14(13-2-1-7-19-13)17-10-3-5-11(6-4-10)18-12-8-16-9-12/h1-7,12,16H,8-9H2,(H2,15,17). The van der Waals surface area contributed by atoms with Gasteiger partial charge in [-0.1, -0.05) is 6.07 Å². The number of amidine groups is 1. The molecule has 1 aromatic heterocycles. The van der Waals surface area contributed by atoms with Crippen LogP contribution in [0.5, 0.6) is 5.75 Å². The zero-order valence-electron chi connectivity index (χ0n) is 10.4. The van der Waals surface area contributed by atoms with E-state index in [0.717, 1.165) is 29.4 Å². The molecule has 0 unspecified atom stereocenters. The van der Waals surface area contributed by atoms with E-state index in [-0.39, 0.29) is 0 Å². The molecule has 5 heteroatoms. The summed E-state index contributed by atoms with van der Waals surface area (Å²) >= 11 is 1.58. The molecule has 0 bridgehead atoms. The maximum Gasteiger partial charge on any atom is 0.141 e. The maximum absolute atomic E-state index is 5.94. The summed E-state index contributed by atoms with van der Waals surface area (Å²) in [6.07, 6.45) is 0.297. The summed E-state index contributed by atoms with van der Waals surface area (Å²) in [5.74, 6) is 1.42. The lowest BCUT2D eigenvalue weighted by Gasteiger charge is -2.27. The third kappa shape index (κ3) is 2.94. The van der Waals surface area contributed by atoms with Crippen molar-refractivity contribution < 1.29 is 4.74 Å². The molecule has 0 saturated carbocycles. The highest BCUT2D eigenvalue weighted by molar-refractivity contribution is 7.12. The van der Waals surface area contributed by atoms with E-state index in [2.05, 4.69) is 10.3 Å². The second kappa shape index (κ2) is 5.42. The summed E-state index contributed by atoms with van der Waals surface area (Å²) in [6, 6.07) is 11.6. The Hall–Kier alpha value is -1.85. The highest BCUT2D eigenvalue weighted by Gasteiger charge is 2.17. The molecule has 0 amide bonds. The van der Waals surface area contributed by atoms with Crippen molar-refractivity contribution in [3.63, 3.8) is 0 Å². The van der Waals surface area contributed by atoms with Gasteiger partial charge in [0.2, 0.25) is 0 Å². The SMILES string of the molecule is NC(=Nc1ccc(OC2CNC2)cc1)c1cccs1. The van der Waals surface area contributed by atoms with Gasteiger partial charge in [-0.15, -0.1) is 11.3 Å². The summed E-state index contributed by atoms with van der Waals surface area (Å²) in [5.41, 5.74) is 6.78. The molecule has 1 aliphatic heterocycles. The number of hydrogen-bond donors (Lipinski definition) is 2. The van der Waals surface area contributed by atoms with Crippen molar-refractivity contribution in [1.29, 1.82) is 0 Å². The molecule has 1 aromatic carbocycles. The fourth-order valence-corrected chi connectivity index (χ4v) is 2.38. The van der Waals surface area contributed by atoms with Crippen molar-refractivity contribution in [2.75, 3.05) is 13.1 Å². The van der Waals surface area contributed by atoms with Gasteiger partial charge in [-0.3, -0.25) is 0 Å². The molecule has 4 nitrogen and oxygen atoms in total. The van der Waals surface area contributed by atoms with E-state index in [0.29, 0.717) is 11.9 Å². The van der Waals surface area contributed by atoms with Crippen LogP contribution in [-0.4, -0.2) is 25.0 Å². The average Bonchev–Trinajstić information content (AvgIpc) is 2.89. The first-order valence-electron chi connectivity index (χ1n) is 6.17. The molecule has 0 aliphatic carbocycles. The van der Waals surface area contributed by atoms with Gasteiger partial charge in [0.05, 0.1) is 10.6 Å². The van der Waals surface area contributed by atoms with Crippen molar-refractivity contribution in [3.05, 3.63) is 46.7 Å². The Kier molecular flexibility index (Phi) is 3.48. The van der Waals surface area contributed by atoms with E-state index < -0.39 is 0 Å². The first-order chi connectivity index (χ1) is 9.31. The van der Waals surface area contributed by atoms with E-state index in [1.807, 2.05) is 41.8 Å². The van der Waals surface area contributed by atoms with Gasteiger partial charge in [0.1, 0.15) is 17.7 Å². The van der Waals surface area contributed by atoms with Gasteiger partial charge in [0.25, 0.3) is 0 Å². The minimum Gasteiger partial charge on any atom is -0.488 e. The molecule has 3 rings (SSSR count). The lowest BCUT2D eigenvalue weighted by Crippen LogP contribution is -2.50. The molecule has 0 spiro atoms. The van der Waals surface area contributed by atoms with E-state index in [1.54, 1.807) is 11.3 Å². The van der Waals surface area contributed by atoms with Crippen LogP contribution >= 0.6 is 11.3 Å². The van der Waals surface area contributed by atoms with E-state index in [4.69, 9.17) is 10.5 Å². The van der Waals surface area contributed by atoms with Crippen LogP contribution in [0.25, 0.3) is 0 Å². The fourth-order valence-electron chi connectivity index (χ4n) is 1.76. The number of benzene rings is 1. The van der Waals surface area contributed by atoms with Crippen LogP contribution in [-0.2, 0) is 0 Å². The summed E-state index contributed by atoms with van der Waals surface area (Å²) in [5, 5.41) is 5.16. The third-order valence-corrected chi connectivity index (χ3v) is 3.80. The Morgan fingerprint density at radius 3 is 2.63 bits per heavy atom. The van der Waals surface area contributed by atoms with Gasteiger partial charge in [0, 0.05) is 13.1 Å². The monoisotopic (exact) mass is 273 g/mol. The summed E-state index contributed by atoms with van der Waals surface area (Å²) < 4.78 is 5.74. The van der Waals surface area contributed by atoms with Crippen LogP contribution in [0.1, 0.15) is 4.88 Å². The number of ether oxygens (including phenoxy) is 1. The van der Waals surface area contributed by atoms with Gasteiger partial charge in [0.15, 0.2) is 0 Å². The molecule has 98 valence electrons. The van der Waals surface area contributed by atoms with Gasteiger partial charge in [-0.05, 0) is 35.7 Å². The second-order valence-electron chi connectivity index (χ2n) is 4.37. The molecule has 1 aliphatic rings. The predicted octanol–water partition coefficient (Wildman–Crippen LogP) is 2.14. The Labute approximate surface area is 115 Å². The summed E-state index contributed by atoms with van der Waals surface area (Å²) in [4.78, 5) is 5.38. The zero-order chi connectivity index (χ0) is 13.1. The van der Waals surface area contributed by atoms with Crippen LogP contribution in [0.15, 0.2) is 46.8 Å². The van der Waals surface area contributed by atoms with Crippen LogP contribution in [0.4, 0.5) is 5.69 Å². The minimum atomic E-state index is 0.297. The Morgan fingerprint density at radius 2 is 2.05 bits per heavy atom. The topological polar surface area (TPSA) is 59.6 Å². The van der Waals surface area contributed by atoms with Crippen molar-refractivity contribution in [2.24, 2.45) is 10.7 Å². The molecule has 0 atom stereocenters. The number of aliphatic imine (C=N–C) groups is 1. The van der Waals surface area contributed by atoms with Gasteiger partial charge in [-0.25, -0.2) is 4.99 Å². The molecule has 3 N–H and O–H groups in total. The van der Waals surface area contributed by atoms with E-state index >= 15 is 0 Å². The Bertz CT molecular complexity index is 559. The Morgan fingerprint density at radius 1 is 1.26 bits per heavy atom. The quantitative estimate of drug-likeness (QED) is 0.663. The highest BCUT2D eigenvalue weighted by Crippen LogP contribution is 2.21. The number of hydrogen-bond acceptors (Lipinski definition) is 4. The molecule has 19 heavy (non-hydrogen) atoms. The molecule has 2 heterocycles. The summed E-state index contributed by atoms with van der Waals surface area (Å²) in [7, 11) is 0. The van der Waals surface area contributed by atoms with Gasteiger partial charge >= 0.3 is 0 Å². The fraction of sp³-hybridized carbons (Fsp3) is 0.214. The maximum atomic E-state index is 5.94. The average molecular weight is 273 g/mol. The predicted molar refractivity (Wildman–Crippen MR) is 78.4 cm³/mol. The lowest BCUT2D eigenvalue weighted by molar-refractivity contribution is 0.142. The number of nitrogens with one attached hydrogen (secondary N) is 1. The van der Waals surface area contributed by atoms with Gasteiger partial charge in [-0.2, -0.15) is 0 Å². The van der Waals surface area contributed by atoms with E-state index in [1.165, 1.54) is 0 Å². The minimum absolute atomic E-state index is 0.297. The number of nitrogens with two attached hydrogens (primary N) is 1. The molecule has 1 fully saturated rings. The molecule has 0 radical (unpaired) electrons.